The van der Waals surface area contributed by atoms with Gasteiger partial charge in [0.15, 0.2) is 0 Å². The standard InChI is InChI=1S/C9H9N3OS/c13-6-10-8-3-1-7(2-4-8)9-5-14-12-11-9/h1-6,11-12H,(H,10,13). The van der Waals surface area contributed by atoms with Crippen molar-refractivity contribution in [3.63, 3.8) is 0 Å². The van der Waals surface area contributed by atoms with E-state index in [1.54, 1.807) is 0 Å². The van der Waals surface area contributed by atoms with Gasteiger partial charge in [-0.1, -0.05) is 12.1 Å². The zero-order valence-electron chi connectivity index (χ0n) is 7.28. The second-order valence-electron chi connectivity index (χ2n) is 2.72. The predicted octanol–water partition coefficient (Wildman–Crippen LogP) is 1.31. The SMILES string of the molecule is O=CNc1ccc(C2=CSNN2)cc1. The molecule has 1 amide bonds. The van der Waals surface area contributed by atoms with Crippen molar-refractivity contribution >= 4 is 29.7 Å². The predicted molar refractivity (Wildman–Crippen MR) is 58.0 cm³/mol. The molecule has 0 saturated heterocycles. The molecule has 4 nitrogen and oxygen atoms in total. The van der Waals surface area contributed by atoms with Gasteiger partial charge in [0.1, 0.15) is 0 Å². The fraction of sp³-hybridized carbons (Fsp3) is 0. The van der Waals surface area contributed by atoms with Gasteiger partial charge >= 0.3 is 0 Å². The number of rotatable bonds is 3. The largest absolute Gasteiger partial charge is 0.329 e. The molecule has 14 heavy (non-hydrogen) atoms. The van der Waals surface area contributed by atoms with E-state index in [1.807, 2.05) is 29.7 Å². The molecule has 1 aromatic carbocycles. The number of benzene rings is 1. The van der Waals surface area contributed by atoms with Crippen LogP contribution in [0.1, 0.15) is 5.56 Å². The van der Waals surface area contributed by atoms with Gasteiger partial charge in [-0.15, -0.1) is 0 Å². The van der Waals surface area contributed by atoms with E-state index in [4.69, 9.17) is 0 Å². The first-order valence-corrected chi connectivity index (χ1v) is 4.95. The highest BCUT2D eigenvalue weighted by Crippen LogP contribution is 2.20. The molecule has 0 spiro atoms. The summed E-state index contributed by atoms with van der Waals surface area (Å²) in [7, 11) is 0. The molecule has 1 aromatic rings. The molecule has 0 unspecified atom stereocenters. The molecule has 2 rings (SSSR count). The highest BCUT2D eigenvalue weighted by atomic mass is 32.2. The van der Waals surface area contributed by atoms with Gasteiger partial charge in [-0.3, -0.25) is 4.79 Å². The van der Waals surface area contributed by atoms with Crippen molar-refractivity contribution in [3.8, 4) is 0 Å². The normalized spacial score (nSPS) is 14.4. The first-order valence-electron chi connectivity index (χ1n) is 4.07. The first-order chi connectivity index (χ1) is 6.90. The van der Waals surface area contributed by atoms with Gasteiger partial charge < -0.3 is 10.7 Å². The second kappa shape index (κ2) is 4.17. The van der Waals surface area contributed by atoms with Gasteiger partial charge in [0.2, 0.25) is 6.41 Å². The van der Waals surface area contributed by atoms with Crippen molar-refractivity contribution in [2.45, 2.75) is 0 Å². The number of hydrogen-bond donors (Lipinski definition) is 3. The molecule has 72 valence electrons. The minimum absolute atomic E-state index is 0.666. The fourth-order valence-electron chi connectivity index (χ4n) is 1.16. The van der Waals surface area contributed by atoms with Crippen LogP contribution >= 0.6 is 11.9 Å². The average Bonchev–Trinajstić information content (AvgIpc) is 2.72. The summed E-state index contributed by atoms with van der Waals surface area (Å²) in [5.41, 5.74) is 5.92. The first kappa shape index (κ1) is 9.11. The minimum atomic E-state index is 0.666. The maximum atomic E-state index is 10.2. The van der Waals surface area contributed by atoms with Gasteiger partial charge in [-0.2, -0.15) is 4.83 Å². The number of hydrogen-bond acceptors (Lipinski definition) is 4. The van der Waals surface area contributed by atoms with Crippen LogP contribution in [0.15, 0.2) is 29.7 Å². The number of amides is 1. The monoisotopic (exact) mass is 207 g/mol. The smallest absolute Gasteiger partial charge is 0.211 e. The fourth-order valence-corrected chi connectivity index (χ4v) is 1.70. The summed E-state index contributed by atoms with van der Waals surface area (Å²) in [6.45, 7) is 0. The van der Waals surface area contributed by atoms with E-state index < -0.39 is 0 Å². The van der Waals surface area contributed by atoms with Crippen LogP contribution in [0.25, 0.3) is 5.70 Å². The van der Waals surface area contributed by atoms with Gasteiger partial charge in [0.05, 0.1) is 5.70 Å². The zero-order chi connectivity index (χ0) is 9.80. The van der Waals surface area contributed by atoms with Crippen LogP contribution in [0.3, 0.4) is 0 Å². The quantitative estimate of drug-likeness (QED) is 0.516. The van der Waals surface area contributed by atoms with Gasteiger partial charge in [0, 0.05) is 11.1 Å². The average molecular weight is 207 g/mol. The number of carbonyl (C=O) groups excluding carboxylic acids is 1. The Morgan fingerprint density at radius 3 is 2.64 bits per heavy atom. The number of hydrazine groups is 1. The second-order valence-corrected chi connectivity index (χ2v) is 3.39. The highest BCUT2D eigenvalue weighted by Gasteiger charge is 2.05. The Morgan fingerprint density at radius 1 is 1.29 bits per heavy atom. The summed E-state index contributed by atoms with van der Waals surface area (Å²) in [6, 6.07) is 7.60. The molecular formula is C9H9N3OS. The summed E-state index contributed by atoms with van der Waals surface area (Å²) < 4.78 is 0. The van der Waals surface area contributed by atoms with Crippen LogP contribution in [0.2, 0.25) is 0 Å². The van der Waals surface area contributed by atoms with Crippen LogP contribution < -0.4 is 15.6 Å². The van der Waals surface area contributed by atoms with E-state index in [0.717, 1.165) is 16.9 Å². The van der Waals surface area contributed by atoms with E-state index >= 15 is 0 Å². The molecule has 0 atom stereocenters. The molecule has 0 aromatic heterocycles. The van der Waals surface area contributed by atoms with Crippen LogP contribution in [0, 0.1) is 0 Å². The van der Waals surface area contributed by atoms with E-state index in [1.165, 1.54) is 11.9 Å². The van der Waals surface area contributed by atoms with E-state index in [-0.39, 0.29) is 0 Å². The van der Waals surface area contributed by atoms with Crippen molar-refractivity contribution in [2.24, 2.45) is 0 Å². The Morgan fingerprint density at radius 2 is 2.07 bits per heavy atom. The molecule has 5 heteroatoms. The van der Waals surface area contributed by atoms with Crippen molar-refractivity contribution < 1.29 is 4.79 Å². The van der Waals surface area contributed by atoms with Crippen molar-refractivity contribution in [2.75, 3.05) is 5.32 Å². The molecule has 0 radical (unpaired) electrons. The van der Waals surface area contributed by atoms with Crippen molar-refractivity contribution in [1.82, 2.24) is 10.3 Å². The summed E-state index contributed by atoms with van der Waals surface area (Å²) in [6.07, 6.45) is 0.666. The lowest BCUT2D eigenvalue weighted by Gasteiger charge is -2.04. The Hall–Kier alpha value is -1.46. The third kappa shape index (κ3) is 1.89. The van der Waals surface area contributed by atoms with Crippen molar-refractivity contribution in [1.29, 1.82) is 0 Å². The third-order valence-electron chi connectivity index (χ3n) is 1.84. The zero-order valence-corrected chi connectivity index (χ0v) is 8.10. The summed E-state index contributed by atoms with van der Waals surface area (Å²) in [5.74, 6) is 0. The number of nitrogens with one attached hydrogen (secondary N) is 3. The summed E-state index contributed by atoms with van der Waals surface area (Å²) in [4.78, 5) is 13.1. The lowest BCUT2D eigenvalue weighted by molar-refractivity contribution is -0.105. The van der Waals surface area contributed by atoms with E-state index in [0.29, 0.717) is 6.41 Å². The van der Waals surface area contributed by atoms with Crippen molar-refractivity contribution in [3.05, 3.63) is 35.2 Å². The molecule has 0 bridgehead atoms. The molecule has 1 heterocycles. The lowest BCUT2D eigenvalue weighted by Crippen LogP contribution is -2.17. The Kier molecular flexibility index (Phi) is 2.71. The maximum Gasteiger partial charge on any atom is 0.211 e. The highest BCUT2D eigenvalue weighted by molar-refractivity contribution is 8.00. The molecule has 0 aliphatic carbocycles. The minimum Gasteiger partial charge on any atom is -0.329 e. The van der Waals surface area contributed by atoms with Gasteiger partial charge in [0.25, 0.3) is 0 Å². The molecular weight excluding hydrogens is 198 g/mol. The van der Waals surface area contributed by atoms with Gasteiger partial charge in [-0.25, -0.2) is 0 Å². The van der Waals surface area contributed by atoms with Crippen LogP contribution in [0.4, 0.5) is 5.69 Å². The molecule has 1 aliphatic rings. The van der Waals surface area contributed by atoms with Crippen LogP contribution in [-0.4, -0.2) is 6.41 Å². The van der Waals surface area contributed by atoms with E-state index in [9.17, 15) is 4.79 Å². The Labute approximate surface area is 85.9 Å². The van der Waals surface area contributed by atoms with Crippen LogP contribution in [0.5, 0.6) is 0 Å². The maximum absolute atomic E-state index is 10.2. The Bertz CT molecular complexity index is 361. The summed E-state index contributed by atoms with van der Waals surface area (Å²) in [5, 5.41) is 4.57. The molecule has 3 N–H and O–H groups in total. The topological polar surface area (TPSA) is 53.2 Å². The Balaban J connectivity index is 2.16. The van der Waals surface area contributed by atoms with Crippen LogP contribution in [-0.2, 0) is 4.79 Å². The van der Waals surface area contributed by atoms with Gasteiger partial charge in [-0.05, 0) is 29.6 Å². The summed E-state index contributed by atoms with van der Waals surface area (Å²) >= 11 is 1.50. The number of carbonyl (C=O) groups is 1. The molecule has 0 fully saturated rings. The number of anilines is 1. The molecule has 1 aliphatic heterocycles. The van der Waals surface area contributed by atoms with E-state index in [2.05, 4.69) is 15.6 Å². The molecule has 0 saturated carbocycles. The third-order valence-corrected chi connectivity index (χ3v) is 2.42. The lowest BCUT2D eigenvalue weighted by atomic mass is 10.1.